The van der Waals surface area contributed by atoms with Crippen molar-refractivity contribution in [3.8, 4) is 0 Å². The van der Waals surface area contributed by atoms with E-state index in [-0.39, 0.29) is 12.0 Å². The lowest BCUT2D eigenvalue weighted by atomic mass is 9.95. The van der Waals surface area contributed by atoms with Crippen LogP contribution in [-0.2, 0) is 0 Å². The standard InChI is InChI=1S/C7H13N3OS/c1-7(2,5-11)4-8-6-3-9-10-12-6/h3,8,11H,4-5H2,1-2H3. The number of aliphatic hydroxyl groups excluding tert-OH is 1. The Labute approximate surface area is 75.8 Å². The number of aromatic nitrogens is 2. The van der Waals surface area contributed by atoms with Crippen molar-refractivity contribution in [2.24, 2.45) is 5.41 Å². The SMILES string of the molecule is CC(C)(CO)CNc1cnns1. The van der Waals surface area contributed by atoms with E-state index in [1.807, 2.05) is 13.8 Å². The topological polar surface area (TPSA) is 58.0 Å². The summed E-state index contributed by atoms with van der Waals surface area (Å²) in [5.41, 5.74) is -0.0933. The largest absolute Gasteiger partial charge is 0.396 e. The molecule has 5 heteroatoms. The molecular formula is C7H13N3OS. The van der Waals surface area contributed by atoms with E-state index in [0.29, 0.717) is 0 Å². The zero-order chi connectivity index (χ0) is 9.03. The maximum Gasteiger partial charge on any atom is 0.130 e. The Morgan fingerprint density at radius 2 is 2.42 bits per heavy atom. The summed E-state index contributed by atoms with van der Waals surface area (Å²) in [6, 6.07) is 0. The molecule has 0 saturated carbocycles. The highest BCUT2D eigenvalue weighted by Gasteiger charge is 2.15. The maximum atomic E-state index is 8.95. The van der Waals surface area contributed by atoms with E-state index >= 15 is 0 Å². The summed E-state index contributed by atoms with van der Waals surface area (Å²) >= 11 is 1.32. The van der Waals surface area contributed by atoms with Crippen molar-refractivity contribution in [2.45, 2.75) is 13.8 Å². The molecule has 0 amide bonds. The highest BCUT2D eigenvalue weighted by Crippen LogP contribution is 2.16. The smallest absolute Gasteiger partial charge is 0.130 e. The molecule has 0 bridgehead atoms. The van der Waals surface area contributed by atoms with Crippen LogP contribution in [0.5, 0.6) is 0 Å². The summed E-state index contributed by atoms with van der Waals surface area (Å²) in [4.78, 5) is 0. The number of aliphatic hydroxyl groups is 1. The van der Waals surface area contributed by atoms with Gasteiger partial charge in [0.2, 0.25) is 0 Å². The van der Waals surface area contributed by atoms with Gasteiger partial charge in [-0.1, -0.05) is 18.3 Å². The van der Waals surface area contributed by atoms with Crippen molar-refractivity contribution in [2.75, 3.05) is 18.5 Å². The predicted molar refractivity (Wildman–Crippen MR) is 49.3 cm³/mol. The summed E-state index contributed by atoms with van der Waals surface area (Å²) in [5, 5.41) is 16.7. The van der Waals surface area contributed by atoms with E-state index in [9.17, 15) is 0 Å². The van der Waals surface area contributed by atoms with E-state index in [0.717, 1.165) is 11.5 Å². The molecule has 0 atom stereocenters. The molecule has 0 radical (unpaired) electrons. The normalized spacial score (nSPS) is 11.6. The number of nitrogens with zero attached hydrogens (tertiary/aromatic N) is 2. The van der Waals surface area contributed by atoms with Gasteiger partial charge < -0.3 is 10.4 Å². The van der Waals surface area contributed by atoms with Crippen LogP contribution in [0.4, 0.5) is 5.00 Å². The summed E-state index contributed by atoms with van der Waals surface area (Å²) in [7, 11) is 0. The number of anilines is 1. The third kappa shape index (κ3) is 2.75. The molecule has 0 spiro atoms. The van der Waals surface area contributed by atoms with Crippen LogP contribution in [0.1, 0.15) is 13.8 Å². The van der Waals surface area contributed by atoms with Crippen LogP contribution in [0, 0.1) is 5.41 Å². The summed E-state index contributed by atoms with van der Waals surface area (Å²) in [5.74, 6) is 0. The zero-order valence-corrected chi connectivity index (χ0v) is 8.06. The van der Waals surface area contributed by atoms with Gasteiger partial charge in [0.15, 0.2) is 0 Å². The molecule has 0 aliphatic rings. The maximum absolute atomic E-state index is 8.95. The van der Waals surface area contributed by atoms with E-state index in [1.165, 1.54) is 11.5 Å². The van der Waals surface area contributed by atoms with Crippen LogP contribution in [0.25, 0.3) is 0 Å². The highest BCUT2D eigenvalue weighted by atomic mass is 32.1. The van der Waals surface area contributed by atoms with E-state index in [2.05, 4.69) is 14.9 Å². The summed E-state index contributed by atoms with van der Waals surface area (Å²) in [6.07, 6.45) is 1.68. The van der Waals surface area contributed by atoms with Gasteiger partial charge in [-0.25, -0.2) is 0 Å². The first-order valence-electron chi connectivity index (χ1n) is 3.76. The van der Waals surface area contributed by atoms with Gasteiger partial charge in [-0.3, -0.25) is 0 Å². The number of nitrogens with one attached hydrogen (secondary N) is 1. The average Bonchev–Trinajstić information content (AvgIpc) is 2.53. The van der Waals surface area contributed by atoms with Gasteiger partial charge >= 0.3 is 0 Å². The zero-order valence-electron chi connectivity index (χ0n) is 7.24. The third-order valence-electron chi connectivity index (χ3n) is 1.53. The van der Waals surface area contributed by atoms with Gasteiger partial charge in [0, 0.05) is 30.1 Å². The Bertz CT molecular complexity index is 223. The monoisotopic (exact) mass is 187 g/mol. The molecule has 2 N–H and O–H groups in total. The van der Waals surface area contributed by atoms with Crippen molar-refractivity contribution in [1.29, 1.82) is 0 Å². The van der Waals surface area contributed by atoms with E-state index in [4.69, 9.17) is 5.11 Å². The van der Waals surface area contributed by atoms with Crippen molar-refractivity contribution in [3.63, 3.8) is 0 Å². The molecule has 0 aliphatic heterocycles. The molecule has 12 heavy (non-hydrogen) atoms. The molecule has 0 saturated heterocycles. The Hall–Kier alpha value is -0.680. The molecule has 0 aliphatic carbocycles. The molecule has 1 aromatic rings. The van der Waals surface area contributed by atoms with Crippen LogP contribution >= 0.6 is 11.5 Å². The van der Waals surface area contributed by atoms with Crippen molar-refractivity contribution in [3.05, 3.63) is 6.20 Å². The first kappa shape index (κ1) is 9.41. The molecule has 1 rings (SSSR count). The Kier molecular flexibility index (Phi) is 2.99. The Morgan fingerprint density at radius 1 is 1.67 bits per heavy atom. The molecule has 68 valence electrons. The molecule has 4 nitrogen and oxygen atoms in total. The van der Waals surface area contributed by atoms with E-state index < -0.39 is 0 Å². The van der Waals surface area contributed by atoms with Crippen LogP contribution in [-0.4, -0.2) is 27.8 Å². The van der Waals surface area contributed by atoms with Gasteiger partial charge in [0.05, 0.1) is 6.20 Å². The first-order valence-corrected chi connectivity index (χ1v) is 4.53. The molecule has 0 unspecified atom stereocenters. The van der Waals surface area contributed by atoms with Crippen molar-refractivity contribution >= 4 is 16.5 Å². The van der Waals surface area contributed by atoms with Gasteiger partial charge in [0.25, 0.3) is 0 Å². The molecular weight excluding hydrogens is 174 g/mol. The molecule has 0 fully saturated rings. The Balaban J connectivity index is 2.36. The minimum atomic E-state index is -0.0933. The van der Waals surface area contributed by atoms with Crippen LogP contribution < -0.4 is 5.32 Å². The van der Waals surface area contributed by atoms with Gasteiger partial charge in [-0.2, -0.15) is 0 Å². The lowest BCUT2D eigenvalue weighted by molar-refractivity contribution is 0.171. The lowest BCUT2D eigenvalue weighted by Crippen LogP contribution is -2.26. The minimum absolute atomic E-state index is 0.0933. The molecule has 0 aromatic carbocycles. The number of hydrogen-bond acceptors (Lipinski definition) is 5. The second-order valence-electron chi connectivity index (χ2n) is 3.46. The second-order valence-corrected chi connectivity index (χ2v) is 4.24. The summed E-state index contributed by atoms with van der Waals surface area (Å²) < 4.78 is 3.72. The fourth-order valence-electron chi connectivity index (χ4n) is 0.627. The fourth-order valence-corrected chi connectivity index (χ4v) is 1.04. The minimum Gasteiger partial charge on any atom is -0.396 e. The van der Waals surface area contributed by atoms with Crippen molar-refractivity contribution < 1.29 is 5.11 Å². The lowest BCUT2D eigenvalue weighted by Gasteiger charge is -2.21. The van der Waals surface area contributed by atoms with Crippen LogP contribution in [0.2, 0.25) is 0 Å². The predicted octanol–water partition coefficient (Wildman–Crippen LogP) is 0.968. The van der Waals surface area contributed by atoms with Gasteiger partial charge in [0.1, 0.15) is 5.00 Å². The van der Waals surface area contributed by atoms with Gasteiger partial charge in [-0.15, -0.1) is 5.10 Å². The first-order chi connectivity index (χ1) is 5.64. The second kappa shape index (κ2) is 3.82. The highest BCUT2D eigenvalue weighted by molar-refractivity contribution is 7.09. The van der Waals surface area contributed by atoms with Crippen molar-refractivity contribution in [1.82, 2.24) is 9.59 Å². The van der Waals surface area contributed by atoms with E-state index in [1.54, 1.807) is 6.20 Å². The Morgan fingerprint density at radius 3 is 2.92 bits per heavy atom. The average molecular weight is 187 g/mol. The molecule has 1 heterocycles. The quantitative estimate of drug-likeness (QED) is 0.737. The molecule has 1 aromatic heterocycles. The third-order valence-corrected chi connectivity index (χ3v) is 2.15. The summed E-state index contributed by atoms with van der Waals surface area (Å²) in [6.45, 7) is 4.89. The van der Waals surface area contributed by atoms with Crippen LogP contribution in [0.3, 0.4) is 0 Å². The fraction of sp³-hybridized carbons (Fsp3) is 0.714. The van der Waals surface area contributed by atoms with Gasteiger partial charge in [-0.05, 0) is 0 Å². The number of rotatable bonds is 4. The van der Waals surface area contributed by atoms with Crippen LogP contribution in [0.15, 0.2) is 6.20 Å². The number of hydrogen-bond donors (Lipinski definition) is 2.